The number of unbranched alkanes of at least 4 members (excludes halogenated alkanes) is 1. The molecule has 1 aromatic carbocycles. The molecule has 0 saturated carbocycles. The number of nitrogens with one attached hydrogen (secondary N) is 2. The molecule has 6 nitrogen and oxygen atoms in total. The van der Waals surface area contributed by atoms with Crippen molar-refractivity contribution in [2.24, 2.45) is 4.99 Å². The van der Waals surface area contributed by atoms with E-state index in [-0.39, 0.29) is 5.91 Å². The van der Waals surface area contributed by atoms with Crippen LogP contribution in [-0.2, 0) is 6.54 Å². The van der Waals surface area contributed by atoms with Gasteiger partial charge in [-0.1, -0.05) is 25.5 Å². The summed E-state index contributed by atoms with van der Waals surface area (Å²) in [6, 6.07) is 11.0. The lowest BCUT2D eigenvalue weighted by atomic mass is 10.2. The molecule has 26 heavy (non-hydrogen) atoms. The Morgan fingerprint density at radius 3 is 2.58 bits per heavy atom. The van der Waals surface area contributed by atoms with Gasteiger partial charge in [0.15, 0.2) is 11.7 Å². The van der Waals surface area contributed by atoms with Crippen molar-refractivity contribution in [3.63, 3.8) is 0 Å². The van der Waals surface area contributed by atoms with Gasteiger partial charge in [0, 0.05) is 25.8 Å². The molecule has 140 valence electrons. The van der Waals surface area contributed by atoms with Gasteiger partial charge in [-0.2, -0.15) is 0 Å². The van der Waals surface area contributed by atoms with Crippen LogP contribution in [0.4, 0.5) is 5.69 Å². The van der Waals surface area contributed by atoms with Crippen molar-refractivity contribution in [2.45, 2.75) is 33.2 Å². The van der Waals surface area contributed by atoms with Gasteiger partial charge >= 0.3 is 0 Å². The van der Waals surface area contributed by atoms with E-state index in [1.54, 1.807) is 12.1 Å². The van der Waals surface area contributed by atoms with Crippen molar-refractivity contribution in [3.05, 3.63) is 54.0 Å². The standard InChI is InChI=1S/C20H28N4O2/c1-4-6-13-24(3)20(21-5-2)22-15-16-9-11-17(12-10-16)23-19(25)18-8-7-14-26-18/h7-12,14H,4-6,13,15H2,1-3H3,(H,21,22)(H,23,25). The van der Waals surface area contributed by atoms with Crippen LogP contribution in [-0.4, -0.2) is 36.9 Å². The molecule has 0 aliphatic rings. The second-order valence-electron chi connectivity index (χ2n) is 6.07. The van der Waals surface area contributed by atoms with Gasteiger partial charge in [0.05, 0.1) is 12.8 Å². The Morgan fingerprint density at radius 2 is 1.96 bits per heavy atom. The van der Waals surface area contributed by atoms with Gasteiger partial charge in [0.25, 0.3) is 5.91 Å². The van der Waals surface area contributed by atoms with Crippen LogP contribution < -0.4 is 10.6 Å². The minimum absolute atomic E-state index is 0.257. The van der Waals surface area contributed by atoms with Gasteiger partial charge in [-0.15, -0.1) is 0 Å². The summed E-state index contributed by atoms with van der Waals surface area (Å²) in [5.74, 6) is 0.952. The van der Waals surface area contributed by atoms with Crippen LogP contribution in [0.15, 0.2) is 52.1 Å². The smallest absolute Gasteiger partial charge is 0.291 e. The lowest BCUT2D eigenvalue weighted by Crippen LogP contribution is -2.39. The number of carbonyl (C=O) groups is 1. The number of hydrogen-bond donors (Lipinski definition) is 2. The molecule has 2 N–H and O–H groups in total. The Kier molecular flexibility index (Phi) is 7.74. The van der Waals surface area contributed by atoms with Gasteiger partial charge in [0.1, 0.15) is 0 Å². The zero-order valence-corrected chi connectivity index (χ0v) is 15.8. The third-order valence-electron chi connectivity index (χ3n) is 3.91. The Morgan fingerprint density at radius 1 is 1.19 bits per heavy atom. The van der Waals surface area contributed by atoms with Crippen LogP contribution >= 0.6 is 0 Å². The van der Waals surface area contributed by atoms with Crippen molar-refractivity contribution in [1.82, 2.24) is 10.2 Å². The number of furan rings is 1. The molecule has 0 aliphatic carbocycles. The van der Waals surface area contributed by atoms with Crippen molar-refractivity contribution < 1.29 is 9.21 Å². The molecular formula is C20H28N4O2. The Hall–Kier alpha value is -2.76. The highest BCUT2D eigenvalue weighted by atomic mass is 16.3. The Labute approximate surface area is 155 Å². The molecule has 2 rings (SSSR count). The van der Waals surface area contributed by atoms with Gasteiger partial charge in [-0.05, 0) is 43.2 Å². The second kappa shape index (κ2) is 10.3. The summed E-state index contributed by atoms with van der Waals surface area (Å²) in [5.41, 5.74) is 1.81. The first-order valence-corrected chi connectivity index (χ1v) is 9.07. The van der Waals surface area contributed by atoms with Gasteiger partial charge in [0.2, 0.25) is 0 Å². The summed E-state index contributed by atoms with van der Waals surface area (Å²) in [5, 5.41) is 6.13. The normalized spacial score (nSPS) is 11.3. The van der Waals surface area contributed by atoms with E-state index in [0.717, 1.165) is 43.1 Å². The molecule has 2 aromatic rings. The van der Waals surface area contributed by atoms with Crippen molar-refractivity contribution in [3.8, 4) is 0 Å². The first kappa shape index (κ1) is 19.6. The zero-order valence-electron chi connectivity index (χ0n) is 15.8. The molecule has 0 atom stereocenters. The SMILES string of the molecule is CCCCN(C)C(=NCc1ccc(NC(=O)c2ccco2)cc1)NCC. The molecular weight excluding hydrogens is 328 g/mol. The number of rotatable bonds is 8. The van der Waals surface area contributed by atoms with E-state index in [4.69, 9.17) is 9.41 Å². The molecule has 0 spiro atoms. The van der Waals surface area contributed by atoms with Crippen LogP contribution in [0.2, 0.25) is 0 Å². The van der Waals surface area contributed by atoms with Gasteiger partial charge < -0.3 is 20.0 Å². The number of nitrogens with zero attached hydrogens (tertiary/aromatic N) is 2. The topological polar surface area (TPSA) is 69.9 Å². The molecule has 0 fully saturated rings. The van der Waals surface area contributed by atoms with E-state index in [0.29, 0.717) is 12.3 Å². The minimum Gasteiger partial charge on any atom is -0.459 e. The monoisotopic (exact) mass is 356 g/mol. The van der Waals surface area contributed by atoms with Crippen LogP contribution in [0.3, 0.4) is 0 Å². The Balaban J connectivity index is 1.95. The van der Waals surface area contributed by atoms with E-state index < -0.39 is 0 Å². The molecule has 6 heteroatoms. The molecule has 1 aromatic heterocycles. The molecule has 0 radical (unpaired) electrons. The highest BCUT2D eigenvalue weighted by Gasteiger charge is 2.08. The van der Waals surface area contributed by atoms with Crippen LogP contribution in [0.25, 0.3) is 0 Å². The minimum atomic E-state index is -0.257. The van der Waals surface area contributed by atoms with E-state index in [9.17, 15) is 4.79 Å². The fraction of sp³-hybridized carbons (Fsp3) is 0.400. The molecule has 0 aliphatic heterocycles. The predicted octanol–water partition coefficient (Wildman–Crippen LogP) is 3.73. The summed E-state index contributed by atoms with van der Waals surface area (Å²) < 4.78 is 5.09. The number of carbonyl (C=O) groups excluding carboxylic acids is 1. The van der Waals surface area contributed by atoms with Gasteiger partial charge in [-0.3, -0.25) is 4.79 Å². The number of amides is 1. The van der Waals surface area contributed by atoms with E-state index in [1.807, 2.05) is 24.3 Å². The summed E-state index contributed by atoms with van der Waals surface area (Å²) in [6.45, 7) is 6.67. The van der Waals surface area contributed by atoms with Crippen LogP contribution in [0.5, 0.6) is 0 Å². The first-order valence-electron chi connectivity index (χ1n) is 9.07. The number of hydrogen-bond acceptors (Lipinski definition) is 3. The van der Waals surface area contributed by atoms with Gasteiger partial charge in [-0.25, -0.2) is 4.99 Å². The molecule has 1 heterocycles. The van der Waals surface area contributed by atoms with E-state index in [1.165, 1.54) is 6.26 Å². The molecule has 1 amide bonds. The summed E-state index contributed by atoms with van der Waals surface area (Å²) in [7, 11) is 2.06. The quantitative estimate of drug-likeness (QED) is 0.558. The first-order chi connectivity index (χ1) is 12.6. The average molecular weight is 356 g/mol. The van der Waals surface area contributed by atoms with E-state index in [2.05, 4.69) is 36.4 Å². The van der Waals surface area contributed by atoms with Crippen LogP contribution in [0.1, 0.15) is 42.8 Å². The number of aliphatic imine (C=N–C) groups is 1. The number of benzene rings is 1. The Bertz CT molecular complexity index is 693. The largest absolute Gasteiger partial charge is 0.459 e. The highest BCUT2D eigenvalue weighted by molar-refractivity contribution is 6.02. The van der Waals surface area contributed by atoms with Crippen molar-refractivity contribution in [2.75, 3.05) is 25.5 Å². The summed E-state index contributed by atoms with van der Waals surface area (Å²) in [6.07, 6.45) is 3.79. The van der Waals surface area contributed by atoms with E-state index >= 15 is 0 Å². The third-order valence-corrected chi connectivity index (χ3v) is 3.91. The lowest BCUT2D eigenvalue weighted by molar-refractivity contribution is 0.0996. The average Bonchev–Trinajstić information content (AvgIpc) is 3.19. The molecule has 0 bridgehead atoms. The maximum absolute atomic E-state index is 12.0. The van der Waals surface area contributed by atoms with Crippen molar-refractivity contribution >= 4 is 17.6 Å². The maximum Gasteiger partial charge on any atom is 0.291 e. The number of anilines is 1. The fourth-order valence-electron chi connectivity index (χ4n) is 2.43. The maximum atomic E-state index is 12.0. The fourth-order valence-corrected chi connectivity index (χ4v) is 2.43. The molecule has 0 saturated heterocycles. The summed E-state index contributed by atoms with van der Waals surface area (Å²) in [4.78, 5) is 18.8. The lowest BCUT2D eigenvalue weighted by Gasteiger charge is -2.21. The molecule has 0 unspecified atom stereocenters. The zero-order chi connectivity index (χ0) is 18.8. The van der Waals surface area contributed by atoms with Crippen LogP contribution in [0, 0.1) is 0 Å². The highest BCUT2D eigenvalue weighted by Crippen LogP contribution is 2.12. The second-order valence-corrected chi connectivity index (χ2v) is 6.07. The van der Waals surface area contributed by atoms with Crippen molar-refractivity contribution in [1.29, 1.82) is 0 Å². The third kappa shape index (κ3) is 5.95. The number of guanidine groups is 1. The summed E-state index contributed by atoms with van der Waals surface area (Å²) >= 11 is 0. The predicted molar refractivity (Wildman–Crippen MR) is 105 cm³/mol.